The zero-order valence-corrected chi connectivity index (χ0v) is 8.76. The van der Waals surface area contributed by atoms with Gasteiger partial charge in [-0.3, -0.25) is 4.79 Å². The number of ketones is 1. The van der Waals surface area contributed by atoms with Crippen LogP contribution in [0, 0.1) is 0 Å². The Hall–Kier alpha value is -0.410. The maximum absolute atomic E-state index is 11.4. The van der Waals surface area contributed by atoms with E-state index in [2.05, 4.69) is 20.9 Å². The van der Waals surface area contributed by atoms with Crippen molar-refractivity contribution in [3.63, 3.8) is 0 Å². The summed E-state index contributed by atoms with van der Waals surface area (Å²) in [6.07, 6.45) is 1.52. The molecule has 0 radical (unpaired) electrons. The van der Waals surface area contributed by atoms with Crippen molar-refractivity contribution in [3.8, 4) is 0 Å². The topological polar surface area (TPSA) is 30.0 Å². The fourth-order valence-electron chi connectivity index (χ4n) is 0.785. The van der Waals surface area contributed by atoms with Crippen molar-refractivity contribution in [2.45, 2.75) is 11.8 Å². The summed E-state index contributed by atoms with van der Waals surface area (Å²) in [5, 5.41) is 0.342. The predicted octanol–water partition coefficient (Wildman–Crippen LogP) is 2.70. The summed E-state index contributed by atoms with van der Waals surface area (Å²) in [5.41, 5.74) is 0.583. The van der Waals surface area contributed by atoms with E-state index in [0.29, 0.717) is 10.7 Å². The number of alkyl halides is 1. The van der Waals surface area contributed by atoms with Crippen LogP contribution in [0.4, 0.5) is 0 Å². The lowest BCUT2D eigenvalue weighted by molar-refractivity contribution is 0.0996. The number of nitrogens with zero attached hydrogens (tertiary/aromatic N) is 1. The molecule has 1 heterocycles. The van der Waals surface area contributed by atoms with E-state index in [0.717, 1.165) is 0 Å². The smallest absolute Gasteiger partial charge is 0.176 e. The lowest BCUT2D eigenvalue weighted by Gasteiger charge is -2.01. The molecule has 0 aromatic carbocycles. The number of hydrogen-bond acceptors (Lipinski definition) is 2. The van der Waals surface area contributed by atoms with Gasteiger partial charge in [-0.05, 0) is 19.1 Å². The van der Waals surface area contributed by atoms with E-state index in [9.17, 15) is 4.79 Å². The minimum Gasteiger partial charge on any atom is -0.293 e. The monoisotopic (exact) mass is 247 g/mol. The Labute approximate surface area is 84.1 Å². The minimum absolute atomic E-state index is 0.0132. The van der Waals surface area contributed by atoms with Gasteiger partial charge in [0.1, 0.15) is 5.15 Å². The van der Waals surface area contributed by atoms with Crippen LogP contribution >= 0.6 is 27.5 Å². The molecule has 0 fully saturated rings. The van der Waals surface area contributed by atoms with E-state index in [1.807, 2.05) is 0 Å². The van der Waals surface area contributed by atoms with Gasteiger partial charge in [-0.2, -0.15) is 0 Å². The van der Waals surface area contributed by atoms with Gasteiger partial charge in [0.2, 0.25) is 0 Å². The molecule has 0 saturated carbocycles. The molecule has 1 aromatic rings. The number of aromatic nitrogens is 1. The number of halogens is 2. The molecule has 0 saturated heterocycles. The normalized spacial score (nSPS) is 12.6. The van der Waals surface area contributed by atoms with E-state index in [1.165, 1.54) is 6.20 Å². The molecule has 0 bridgehead atoms. The van der Waals surface area contributed by atoms with Crippen molar-refractivity contribution < 1.29 is 4.79 Å². The first kappa shape index (κ1) is 9.68. The molecule has 1 unspecified atom stereocenters. The van der Waals surface area contributed by atoms with Crippen LogP contribution in [0.25, 0.3) is 0 Å². The molecule has 0 aliphatic heterocycles. The van der Waals surface area contributed by atoms with Crippen LogP contribution in [-0.4, -0.2) is 15.6 Å². The summed E-state index contributed by atoms with van der Waals surface area (Å²) >= 11 is 8.80. The number of carbonyl (C=O) groups is 1. The summed E-state index contributed by atoms with van der Waals surface area (Å²) in [6.45, 7) is 1.77. The average Bonchev–Trinajstić information content (AvgIpc) is 2.03. The van der Waals surface area contributed by atoms with E-state index < -0.39 is 0 Å². The zero-order chi connectivity index (χ0) is 9.14. The Kier molecular flexibility index (Phi) is 3.23. The Bertz CT molecular complexity index is 301. The summed E-state index contributed by atoms with van der Waals surface area (Å²) in [6, 6.07) is 3.20. The van der Waals surface area contributed by atoms with Gasteiger partial charge in [0.15, 0.2) is 5.78 Å². The van der Waals surface area contributed by atoms with Crippen LogP contribution in [-0.2, 0) is 0 Å². The van der Waals surface area contributed by atoms with Gasteiger partial charge in [0.25, 0.3) is 0 Å². The standard InChI is InChI=1S/C8H7BrClNO/c1-5(9)8(12)6-2-3-11-7(10)4-6/h2-5H,1H3. The average molecular weight is 249 g/mol. The fourth-order valence-corrected chi connectivity index (χ4v) is 1.22. The van der Waals surface area contributed by atoms with Gasteiger partial charge < -0.3 is 0 Å². The van der Waals surface area contributed by atoms with Gasteiger partial charge >= 0.3 is 0 Å². The third-order valence-electron chi connectivity index (χ3n) is 1.37. The lowest BCUT2D eigenvalue weighted by Crippen LogP contribution is -2.09. The summed E-state index contributed by atoms with van der Waals surface area (Å²) in [5.74, 6) is 0.0132. The summed E-state index contributed by atoms with van der Waals surface area (Å²) in [4.78, 5) is 15.0. The van der Waals surface area contributed by atoms with Crippen molar-refractivity contribution in [3.05, 3.63) is 29.0 Å². The third kappa shape index (κ3) is 2.29. The van der Waals surface area contributed by atoms with E-state index in [-0.39, 0.29) is 10.6 Å². The Morgan fingerprint density at radius 2 is 2.42 bits per heavy atom. The van der Waals surface area contributed by atoms with Crippen LogP contribution < -0.4 is 0 Å². The zero-order valence-electron chi connectivity index (χ0n) is 6.42. The first-order valence-electron chi connectivity index (χ1n) is 3.41. The van der Waals surface area contributed by atoms with Gasteiger partial charge in [0.05, 0.1) is 4.83 Å². The van der Waals surface area contributed by atoms with Crippen molar-refractivity contribution in [2.75, 3.05) is 0 Å². The van der Waals surface area contributed by atoms with Gasteiger partial charge in [-0.1, -0.05) is 27.5 Å². The second-order valence-corrected chi connectivity index (χ2v) is 4.11. The van der Waals surface area contributed by atoms with Gasteiger partial charge in [-0.15, -0.1) is 0 Å². The molecule has 64 valence electrons. The van der Waals surface area contributed by atoms with Crippen molar-refractivity contribution in [1.82, 2.24) is 4.98 Å². The van der Waals surface area contributed by atoms with Crippen LogP contribution in [0.5, 0.6) is 0 Å². The molecule has 1 rings (SSSR count). The van der Waals surface area contributed by atoms with Crippen LogP contribution in [0.1, 0.15) is 17.3 Å². The molecule has 0 aliphatic carbocycles. The van der Waals surface area contributed by atoms with Crippen LogP contribution in [0.3, 0.4) is 0 Å². The largest absolute Gasteiger partial charge is 0.293 e. The van der Waals surface area contributed by atoms with Crippen LogP contribution in [0.2, 0.25) is 5.15 Å². The first-order valence-corrected chi connectivity index (χ1v) is 4.70. The highest BCUT2D eigenvalue weighted by Gasteiger charge is 2.11. The molecule has 0 amide bonds. The molecule has 2 nitrogen and oxygen atoms in total. The van der Waals surface area contributed by atoms with Crippen molar-refractivity contribution >= 4 is 33.3 Å². The fraction of sp³-hybridized carbons (Fsp3) is 0.250. The maximum Gasteiger partial charge on any atom is 0.176 e. The summed E-state index contributed by atoms with van der Waals surface area (Å²) in [7, 11) is 0. The Morgan fingerprint density at radius 3 is 2.92 bits per heavy atom. The summed E-state index contributed by atoms with van der Waals surface area (Å²) < 4.78 is 0. The van der Waals surface area contributed by atoms with Gasteiger partial charge in [0, 0.05) is 11.8 Å². The Morgan fingerprint density at radius 1 is 1.75 bits per heavy atom. The molecule has 4 heteroatoms. The molecule has 0 N–H and O–H groups in total. The number of carbonyl (C=O) groups excluding carboxylic acids is 1. The molecule has 0 aliphatic rings. The number of pyridine rings is 1. The second kappa shape index (κ2) is 4.01. The maximum atomic E-state index is 11.4. The minimum atomic E-state index is -0.184. The highest BCUT2D eigenvalue weighted by atomic mass is 79.9. The quantitative estimate of drug-likeness (QED) is 0.458. The van der Waals surface area contributed by atoms with Crippen LogP contribution in [0.15, 0.2) is 18.3 Å². The van der Waals surface area contributed by atoms with E-state index >= 15 is 0 Å². The number of rotatable bonds is 2. The number of Topliss-reactive ketones (excluding diaryl/α,β-unsaturated/α-hetero) is 1. The highest BCUT2D eigenvalue weighted by Crippen LogP contribution is 2.12. The molecule has 1 aromatic heterocycles. The lowest BCUT2D eigenvalue weighted by atomic mass is 10.1. The van der Waals surface area contributed by atoms with E-state index in [4.69, 9.17) is 11.6 Å². The highest BCUT2D eigenvalue weighted by molar-refractivity contribution is 9.10. The molecule has 0 spiro atoms. The van der Waals surface area contributed by atoms with E-state index in [1.54, 1.807) is 19.1 Å². The van der Waals surface area contributed by atoms with Crippen molar-refractivity contribution in [1.29, 1.82) is 0 Å². The first-order chi connectivity index (χ1) is 5.61. The molecule has 12 heavy (non-hydrogen) atoms. The second-order valence-electron chi connectivity index (χ2n) is 2.35. The Balaban J connectivity index is 2.96. The van der Waals surface area contributed by atoms with Crippen molar-refractivity contribution in [2.24, 2.45) is 0 Å². The predicted molar refractivity (Wildman–Crippen MR) is 52.0 cm³/mol. The molecular formula is C8H7BrClNO. The molecular weight excluding hydrogens is 241 g/mol. The number of hydrogen-bond donors (Lipinski definition) is 0. The molecule has 1 atom stereocenters. The third-order valence-corrected chi connectivity index (χ3v) is 1.99. The van der Waals surface area contributed by atoms with Gasteiger partial charge in [-0.25, -0.2) is 4.98 Å². The SMILES string of the molecule is CC(Br)C(=O)c1ccnc(Cl)c1.